The van der Waals surface area contributed by atoms with Gasteiger partial charge in [0, 0.05) is 26.2 Å². The molecule has 0 aromatic carbocycles. The van der Waals surface area contributed by atoms with Crippen LogP contribution in [0.5, 0.6) is 0 Å². The predicted molar refractivity (Wildman–Crippen MR) is 123 cm³/mol. The SMILES string of the molecule is COC(=O)C1C(NC(=O)C2CCCCC2)S[C@@]2(CI)C1CC(C)(C)NC2(C)C. The van der Waals surface area contributed by atoms with E-state index in [1.54, 1.807) is 11.8 Å². The molecule has 1 saturated carbocycles. The average molecular weight is 522 g/mol. The van der Waals surface area contributed by atoms with Gasteiger partial charge in [-0.25, -0.2) is 0 Å². The highest BCUT2D eigenvalue weighted by Crippen LogP contribution is 2.61. The molecule has 0 radical (unpaired) electrons. The molecule has 2 saturated heterocycles. The lowest BCUT2D eigenvalue weighted by Crippen LogP contribution is -2.71. The Kier molecular flexibility index (Phi) is 6.68. The lowest BCUT2D eigenvalue weighted by Gasteiger charge is -2.57. The molecular weight excluding hydrogens is 487 g/mol. The topological polar surface area (TPSA) is 67.4 Å². The number of piperidine rings is 1. The van der Waals surface area contributed by atoms with Gasteiger partial charge in [-0.3, -0.25) is 9.59 Å². The molecule has 3 rings (SSSR count). The second-order valence-corrected chi connectivity index (χ2v) is 12.1. The van der Waals surface area contributed by atoms with Crippen LogP contribution in [-0.4, -0.2) is 44.6 Å². The number of amides is 1. The second-order valence-electron chi connectivity index (χ2n) is 9.90. The van der Waals surface area contributed by atoms with Gasteiger partial charge in [-0.15, -0.1) is 11.8 Å². The molecule has 3 aliphatic rings. The van der Waals surface area contributed by atoms with Crippen LogP contribution < -0.4 is 10.6 Å². The van der Waals surface area contributed by atoms with E-state index < -0.39 is 0 Å². The first-order valence-corrected chi connectivity index (χ1v) is 12.9. The molecule has 3 fully saturated rings. The van der Waals surface area contributed by atoms with E-state index >= 15 is 0 Å². The number of methoxy groups -OCH3 is 1. The van der Waals surface area contributed by atoms with Crippen molar-refractivity contribution >= 4 is 46.2 Å². The summed E-state index contributed by atoms with van der Waals surface area (Å²) in [6.07, 6.45) is 6.30. The van der Waals surface area contributed by atoms with Gasteiger partial charge in [0.25, 0.3) is 0 Å². The summed E-state index contributed by atoms with van der Waals surface area (Å²) >= 11 is 4.25. The molecule has 2 N–H and O–H groups in total. The quantitative estimate of drug-likeness (QED) is 0.333. The van der Waals surface area contributed by atoms with Crippen molar-refractivity contribution in [3.8, 4) is 0 Å². The molecule has 28 heavy (non-hydrogen) atoms. The van der Waals surface area contributed by atoms with Gasteiger partial charge in [0.1, 0.15) is 0 Å². The number of carbonyl (C=O) groups is 2. The molecule has 5 nitrogen and oxygen atoms in total. The third kappa shape index (κ3) is 3.96. The standard InChI is InChI=1S/C21H35IN2O3S/c1-19(2)11-14-15(18(26)27-5)17(23-16(25)13-9-7-6-8-10-13)28-21(14,12-22)20(3,4)24-19/h13-15,17,24H,6-12H2,1-5H3,(H,23,25)/t14?,15?,17?,21-/m0/s1. The van der Waals surface area contributed by atoms with E-state index in [-0.39, 0.29) is 50.8 Å². The highest BCUT2D eigenvalue weighted by atomic mass is 127. The number of rotatable bonds is 4. The maximum atomic E-state index is 13.0. The highest BCUT2D eigenvalue weighted by molar-refractivity contribution is 14.1. The Morgan fingerprint density at radius 1 is 1.18 bits per heavy atom. The third-order valence-corrected chi connectivity index (χ3v) is 10.8. The van der Waals surface area contributed by atoms with Crippen LogP contribution in [0.4, 0.5) is 0 Å². The minimum absolute atomic E-state index is 0.0709. The molecule has 2 heterocycles. The van der Waals surface area contributed by atoms with Crippen molar-refractivity contribution in [2.24, 2.45) is 17.8 Å². The van der Waals surface area contributed by atoms with Crippen molar-refractivity contribution in [1.82, 2.24) is 10.6 Å². The summed E-state index contributed by atoms with van der Waals surface area (Å²) in [5, 5.41) is 6.88. The zero-order valence-corrected chi connectivity index (χ0v) is 20.7. The molecule has 1 aliphatic carbocycles. The van der Waals surface area contributed by atoms with E-state index in [0.29, 0.717) is 0 Å². The van der Waals surface area contributed by atoms with E-state index in [1.165, 1.54) is 13.5 Å². The van der Waals surface area contributed by atoms with Crippen LogP contribution in [0, 0.1) is 17.8 Å². The summed E-state index contributed by atoms with van der Waals surface area (Å²) in [5.41, 5.74) is -0.236. The van der Waals surface area contributed by atoms with Crippen LogP contribution in [0.25, 0.3) is 0 Å². The second kappa shape index (κ2) is 8.25. The van der Waals surface area contributed by atoms with Gasteiger partial charge in [-0.2, -0.15) is 0 Å². The lowest BCUT2D eigenvalue weighted by atomic mass is 9.64. The smallest absolute Gasteiger partial charge is 0.311 e. The van der Waals surface area contributed by atoms with Gasteiger partial charge in [-0.05, 0) is 52.9 Å². The van der Waals surface area contributed by atoms with Gasteiger partial charge in [0.2, 0.25) is 5.91 Å². The van der Waals surface area contributed by atoms with E-state index in [1.807, 2.05) is 0 Å². The summed E-state index contributed by atoms with van der Waals surface area (Å²) in [5.74, 6) is -0.124. The molecule has 2 aliphatic heterocycles. The predicted octanol–water partition coefficient (Wildman–Crippen LogP) is 3.89. The summed E-state index contributed by atoms with van der Waals surface area (Å²) in [4.78, 5) is 25.9. The Morgan fingerprint density at radius 2 is 1.82 bits per heavy atom. The van der Waals surface area contributed by atoms with Crippen LogP contribution >= 0.6 is 34.4 Å². The van der Waals surface area contributed by atoms with E-state index in [0.717, 1.165) is 36.5 Å². The van der Waals surface area contributed by atoms with Crippen molar-refractivity contribution < 1.29 is 14.3 Å². The molecule has 0 spiro atoms. The number of halogens is 1. The number of ether oxygens (including phenoxy) is 1. The monoisotopic (exact) mass is 522 g/mol. The first kappa shape index (κ1) is 22.7. The Morgan fingerprint density at radius 3 is 2.39 bits per heavy atom. The maximum Gasteiger partial charge on any atom is 0.311 e. The fourth-order valence-corrected chi connectivity index (χ4v) is 9.75. The molecule has 0 aromatic rings. The fourth-order valence-electron chi connectivity index (χ4n) is 5.81. The Bertz CT molecular complexity index is 621. The van der Waals surface area contributed by atoms with Crippen molar-refractivity contribution in [2.45, 2.75) is 87.4 Å². The number of fused-ring (bicyclic) bond motifs is 1. The summed E-state index contributed by atoms with van der Waals surface area (Å²) in [6.45, 7) is 8.90. The van der Waals surface area contributed by atoms with Gasteiger partial charge in [-0.1, -0.05) is 41.9 Å². The van der Waals surface area contributed by atoms with Crippen LogP contribution in [0.1, 0.15) is 66.2 Å². The van der Waals surface area contributed by atoms with Crippen molar-refractivity contribution in [3.63, 3.8) is 0 Å². The molecule has 1 amide bonds. The minimum Gasteiger partial charge on any atom is -0.469 e. The Hall–Kier alpha value is -0.0200. The zero-order chi connectivity index (χ0) is 20.7. The third-order valence-electron chi connectivity index (χ3n) is 7.07. The number of hydrogen-bond donors (Lipinski definition) is 2. The van der Waals surface area contributed by atoms with Crippen molar-refractivity contribution in [1.29, 1.82) is 0 Å². The van der Waals surface area contributed by atoms with E-state index in [2.05, 4.69) is 60.9 Å². The van der Waals surface area contributed by atoms with E-state index in [9.17, 15) is 9.59 Å². The number of carbonyl (C=O) groups excluding carboxylic acids is 2. The largest absolute Gasteiger partial charge is 0.469 e. The lowest BCUT2D eigenvalue weighted by molar-refractivity contribution is -0.149. The minimum atomic E-state index is -0.307. The number of esters is 1. The van der Waals surface area contributed by atoms with Crippen LogP contribution in [0.2, 0.25) is 0 Å². The van der Waals surface area contributed by atoms with E-state index in [4.69, 9.17) is 4.74 Å². The fraction of sp³-hybridized carbons (Fsp3) is 0.905. The van der Waals surface area contributed by atoms with Crippen molar-refractivity contribution in [3.05, 3.63) is 0 Å². The molecule has 160 valence electrons. The average Bonchev–Trinajstić information content (AvgIpc) is 2.94. The number of alkyl halides is 1. The highest BCUT2D eigenvalue weighted by Gasteiger charge is 2.66. The number of nitrogens with one attached hydrogen (secondary N) is 2. The number of thioether (sulfide) groups is 1. The molecule has 0 aromatic heterocycles. The zero-order valence-electron chi connectivity index (χ0n) is 17.8. The molecule has 7 heteroatoms. The van der Waals surface area contributed by atoms with Gasteiger partial charge >= 0.3 is 5.97 Å². The Balaban J connectivity index is 1.92. The van der Waals surface area contributed by atoms with Gasteiger partial charge in [0.05, 0.1) is 18.4 Å². The van der Waals surface area contributed by atoms with Crippen molar-refractivity contribution in [2.75, 3.05) is 11.5 Å². The summed E-state index contributed by atoms with van der Waals surface area (Å²) in [7, 11) is 1.47. The first-order chi connectivity index (χ1) is 13.1. The summed E-state index contributed by atoms with van der Waals surface area (Å²) in [6, 6.07) is 0. The van der Waals surface area contributed by atoms with Crippen LogP contribution in [0.15, 0.2) is 0 Å². The van der Waals surface area contributed by atoms with Crippen LogP contribution in [0.3, 0.4) is 0 Å². The molecule has 3 unspecified atom stereocenters. The number of hydrogen-bond acceptors (Lipinski definition) is 5. The normalized spacial score (nSPS) is 37.1. The maximum absolute atomic E-state index is 13.0. The van der Waals surface area contributed by atoms with Gasteiger partial charge < -0.3 is 15.4 Å². The Labute approximate surface area is 187 Å². The molecule has 0 bridgehead atoms. The van der Waals surface area contributed by atoms with Gasteiger partial charge in [0.15, 0.2) is 0 Å². The molecule has 4 atom stereocenters. The van der Waals surface area contributed by atoms with Crippen LogP contribution in [-0.2, 0) is 14.3 Å². The summed E-state index contributed by atoms with van der Waals surface area (Å²) < 4.78 is 6.02. The first-order valence-electron chi connectivity index (χ1n) is 10.5. The molecular formula is C21H35IN2O3S.